The van der Waals surface area contributed by atoms with E-state index in [0.29, 0.717) is 23.6 Å². The molecule has 70 valence electrons. The zero-order valence-electron chi connectivity index (χ0n) is 7.19. The Morgan fingerprint density at radius 2 is 2.23 bits per heavy atom. The molecule has 1 rings (SSSR count). The van der Waals surface area contributed by atoms with Crippen molar-refractivity contribution in [2.75, 3.05) is 6.54 Å². The van der Waals surface area contributed by atoms with Crippen molar-refractivity contribution in [1.29, 1.82) is 0 Å². The molecule has 1 aromatic carbocycles. The lowest BCUT2D eigenvalue weighted by molar-refractivity contribution is 0.627. The van der Waals surface area contributed by atoms with E-state index in [1.54, 1.807) is 0 Å². The molecular weight excluding hydrogens is 189 g/mol. The fraction of sp³-hybridized carbons (Fsp3) is 0.200. The van der Waals surface area contributed by atoms with Gasteiger partial charge in [0.05, 0.1) is 0 Å². The molecule has 0 aliphatic rings. The van der Waals surface area contributed by atoms with Gasteiger partial charge in [-0.1, -0.05) is 18.2 Å². The first-order chi connectivity index (χ1) is 6.15. The number of rotatable bonds is 3. The standard InChI is InChI=1S/C10H11ClFN/c1-7(4-5-13)9-6-8(12)2-3-10(9)11/h2-3,6H,1,4-5,13H2. The van der Waals surface area contributed by atoms with Crippen molar-refractivity contribution in [2.24, 2.45) is 5.73 Å². The predicted octanol–water partition coefficient (Wildman–Crippen LogP) is 2.84. The summed E-state index contributed by atoms with van der Waals surface area (Å²) < 4.78 is 12.8. The van der Waals surface area contributed by atoms with Crippen LogP contribution in [-0.2, 0) is 0 Å². The van der Waals surface area contributed by atoms with Gasteiger partial charge in [-0.15, -0.1) is 0 Å². The third kappa shape index (κ3) is 2.54. The van der Waals surface area contributed by atoms with Crippen molar-refractivity contribution in [3.05, 3.63) is 41.2 Å². The van der Waals surface area contributed by atoms with Crippen molar-refractivity contribution >= 4 is 17.2 Å². The summed E-state index contributed by atoms with van der Waals surface area (Å²) in [6.07, 6.45) is 0.628. The van der Waals surface area contributed by atoms with E-state index in [1.807, 2.05) is 0 Å². The van der Waals surface area contributed by atoms with Crippen molar-refractivity contribution in [3.8, 4) is 0 Å². The molecule has 0 unspecified atom stereocenters. The molecule has 0 heterocycles. The lowest BCUT2D eigenvalue weighted by atomic mass is 10.0. The molecule has 0 radical (unpaired) electrons. The van der Waals surface area contributed by atoms with Gasteiger partial charge < -0.3 is 5.73 Å². The Labute approximate surface area is 82.0 Å². The number of halogens is 2. The van der Waals surface area contributed by atoms with Gasteiger partial charge in [-0.25, -0.2) is 4.39 Å². The maximum atomic E-state index is 12.8. The van der Waals surface area contributed by atoms with Crippen LogP contribution in [0.25, 0.3) is 5.57 Å². The highest BCUT2D eigenvalue weighted by Crippen LogP contribution is 2.25. The highest BCUT2D eigenvalue weighted by molar-refractivity contribution is 6.32. The minimum absolute atomic E-state index is 0.308. The molecule has 0 aromatic heterocycles. The largest absolute Gasteiger partial charge is 0.330 e. The smallest absolute Gasteiger partial charge is 0.123 e. The van der Waals surface area contributed by atoms with Crippen LogP contribution in [0, 0.1) is 5.82 Å². The monoisotopic (exact) mass is 199 g/mol. The maximum absolute atomic E-state index is 12.8. The van der Waals surface area contributed by atoms with Crippen molar-refractivity contribution in [3.63, 3.8) is 0 Å². The van der Waals surface area contributed by atoms with E-state index >= 15 is 0 Å². The number of hydrogen-bond acceptors (Lipinski definition) is 1. The van der Waals surface area contributed by atoms with E-state index in [2.05, 4.69) is 6.58 Å². The quantitative estimate of drug-likeness (QED) is 0.796. The van der Waals surface area contributed by atoms with Gasteiger partial charge in [0.2, 0.25) is 0 Å². The highest BCUT2D eigenvalue weighted by atomic mass is 35.5. The minimum Gasteiger partial charge on any atom is -0.330 e. The van der Waals surface area contributed by atoms with E-state index in [-0.39, 0.29) is 5.82 Å². The van der Waals surface area contributed by atoms with E-state index in [4.69, 9.17) is 17.3 Å². The molecular formula is C10H11ClFN. The van der Waals surface area contributed by atoms with Crippen LogP contribution in [0.5, 0.6) is 0 Å². The van der Waals surface area contributed by atoms with Gasteiger partial charge in [0, 0.05) is 5.02 Å². The summed E-state index contributed by atoms with van der Waals surface area (Å²) in [4.78, 5) is 0. The second-order valence-corrected chi connectivity index (χ2v) is 3.17. The van der Waals surface area contributed by atoms with Crippen LogP contribution in [0.15, 0.2) is 24.8 Å². The van der Waals surface area contributed by atoms with Gasteiger partial charge in [-0.3, -0.25) is 0 Å². The topological polar surface area (TPSA) is 26.0 Å². The lowest BCUT2D eigenvalue weighted by Gasteiger charge is -2.06. The van der Waals surface area contributed by atoms with Crippen LogP contribution in [0.3, 0.4) is 0 Å². The van der Waals surface area contributed by atoms with Gasteiger partial charge in [-0.2, -0.15) is 0 Å². The molecule has 3 heteroatoms. The van der Waals surface area contributed by atoms with E-state index in [0.717, 1.165) is 5.57 Å². The fourth-order valence-electron chi connectivity index (χ4n) is 1.08. The Kier molecular flexibility index (Phi) is 3.46. The van der Waals surface area contributed by atoms with Gasteiger partial charge in [0.15, 0.2) is 0 Å². The van der Waals surface area contributed by atoms with Crippen LogP contribution in [0.4, 0.5) is 4.39 Å². The van der Waals surface area contributed by atoms with Crippen LogP contribution in [0.1, 0.15) is 12.0 Å². The molecule has 0 aliphatic carbocycles. The summed E-state index contributed by atoms with van der Waals surface area (Å²) in [7, 11) is 0. The van der Waals surface area contributed by atoms with Crippen LogP contribution >= 0.6 is 11.6 Å². The highest BCUT2D eigenvalue weighted by Gasteiger charge is 2.04. The first kappa shape index (κ1) is 10.2. The van der Waals surface area contributed by atoms with E-state index in [9.17, 15) is 4.39 Å². The Balaban J connectivity index is 2.99. The molecule has 0 fully saturated rings. The molecule has 0 aliphatic heterocycles. The summed E-state index contributed by atoms with van der Waals surface area (Å²) >= 11 is 5.86. The normalized spacial score (nSPS) is 10.1. The second kappa shape index (κ2) is 4.40. The van der Waals surface area contributed by atoms with Gasteiger partial charge in [0.25, 0.3) is 0 Å². The van der Waals surface area contributed by atoms with Gasteiger partial charge in [-0.05, 0) is 42.3 Å². The third-order valence-corrected chi connectivity index (χ3v) is 2.09. The fourth-order valence-corrected chi connectivity index (χ4v) is 1.33. The predicted molar refractivity (Wildman–Crippen MR) is 54.1 cm³/mol. The van der Waals surface area contributed by atoms with Crippen LogP contribution in [0.2, 0.25) is 5.02 Å². The first-order valence-corrected chi connectivity index (χ1v) is 4.36. The van der Waals surface area contributed by atoms with Gasteiger partial charge in [0.1, 0.15) is 5.82 Å². The van der Waals surface area contributed by atoms with Crippen LogP contribution in [-0.4, -0.2) is 6.54 Å². The molecule has 0 amide bonds. The molecule has 0 saturated heterocycles. The summed E-state index contributed by atoms with van der Waals surface area (Å²) in [5.74, 6) is -0.308. The first-order valence-electron chi connectivity index (χ1n) is 3.98. The molecule has 0 spiro atoms. The molecule has 1 aromatic rings. The van der Waals surface area contributed by atoms with E-state index in [1.165, 1.54) is 18.2 Å². The second-order valence-electron chi connectivity index (χ2n) is 2.77. The number of benzene rings is 1. The van der Waals surface area contributed by atoms with E-state index < -0.39 is 0 Å². The molecule has 2 N–H and O–H groups in total. The molecule has 0 atom stereocenters. The number of hydrogen-bond donors (Lipinski definition) is 1. The SMILES string of the molecule is C=C(CCN)c1cc(F)ccc1Cl. The van der Waals surface area contributed by atoms with Crippen LogP contribution < -0.4 is 5.73 Å². The molecule has 0 saturated carbocycles. The number of nitrogens with two attached hydrogens (primary N) is 1. The maximum Gasteiger partial charge on any atom is 0.123 e. The average molecular weight is 200 g/mol. The average Bonchev–Trinajstić information content (AvgIpc) is 2.09. The molecule has 1 nitrogen and oxygen atoms in total. The molecule has 13 heavy (non-hydrogen) atoms. The van der Waals surface area contributed by atoms with Crippen molar-refractivity contribution in [2.45, 2.75) is 6.42 Å². The summed E-state index contributed by atoms with van der Waals surface area (Å²) in [6.45, 7) is 4.28. The summed E-state index contributed by atoms with van der Waals surface area (Å²) in [5.41, 5.74) is 6.77. The minimum atomic E-state index is -0.308. The summed E-state index contributed by atoms with van der Waals surface area (Å²) in [5, 5.41) is 0.514. The zero-order valence-corrected chi connectivity index (χ0v) is 7.94. The molecule has 0 bridgehead atoms. The Morgan fingerprint density at radius 3 is 2.85 bits per heavy atom. The summed E-state index contributed by atoms with van der Waals surface area (Å²) in [6, 6.07) is 4.22. The Morgan fingerprint density at radius 1 is 1.54 bits per heavy atom. The zero-order chi connectivity index (χ0) is 9.84. The van der Waals surface area contributed by atoms with Gasteiger partial charge >= 0.3 is 0 Å². The Bertz CT molecular complexity index is 323. The van der Waals surface area contributed by atoms with Crippen molar-refractivity contribution < 1.29 is 4.39 Å². The third-order valence-electron chi connectivity index (χ3n) is 1.76. The lowest BCUT2D eigenvalue weighted by Crippen LogP contribution is -1.99. The van der Waals surface area contributed by atoms with Crippen molar-refractivity contribution in [1.82, 2.24) is 0 Å². The Hall–Kier alpha value is -0.860.